The highest BCUT2D eigenvalue weighted by molar-refractivity contribution is 7.89. The van der Waals surface area contributed by atoms with E-state index in [0.29, 0.717) is 18.7 Å². The molecule has 1 aromatic carbocycles. The fraction of sp³-hybridized carbons (Fsp3) is 0.562. The van der Waals surface area contributed by atoms with Crippen molar-refractivity contribution in [2.75, 3.05) is 26.7 Å². The molecular weight excluding hydrogens is 316 g/mol. The Morgan fingerprint density at radius 3 is 2.74 bits per heavy atom. The molecule has 1 heterocycles. The Morgan fingerprint density at radius 2 is 2.17 bits per heavy atom. The number of benzene rings is 1. The van der Waals surface area contributed by atoms with Crippen molar-refractivity contribution in [2.45, 2.75) is 37.6 Å². The van der Waals surface area contributed by atoms with E-state index in [2.05, 4.69) is 5.32 Å². The zero-order valence-corrected chi connectivity index (χ0v) is 14.6. The van der Waals surface area contributed by atoms with Crippen LogP contribution in [0.15, 0.2) is 23.1 Å². The second-order valence-electron chi connectivity index (χ2n) is 5.73. The average Bonchev–Trinajstić information content (AvgIpc) is 3.05. The summed E-state index contributed by atoms with van der Waals surface area (Å²) in [4.78, 5) is 12.0. The molecule has 0 saturated carbocycles. The van der Waals surface area contributed by atoms with E-state index in [1.807, 2.05) is 6.92 Å². The average molecular weight is 340 g/mol. The maximum absolute atomic E-state index is 13.0. The highest BCUT2D eigenvalue weighted by atomic mass is 32.2. The summed E-state index contributed by atoms with van der Waals surface area (Å²) in [5.41, 5.74) is 0.981. The number of nitrogens with zero attached hydrogens (tertiary/aromatic N) is 1. The minimum atomic E-state index is -3.64. The van der Waals surface area contributed by atoms with Gasteiger partial charge < -0.3 is 10.1 Å². The van der Waals surface area contributed by atoms with Crippen LogP contribution in [0.1, 0.15) is 35.7 Å². The largest absolute Gasteiger partial charge is 0.465 e. The van der Waals surface area contributed by atoms with Gasteiger partial charge in [-0.25, -0.2) is 13.2 Å². The SMILES string of the molecule is CCCN(C1CCNC1)S(=O)(=O)c1ccc(C)c(C(=O)OC)c1. The van der Waals surface area contributed by atoms with E-state index < -0.39 is 16.0 Å². The molecule has 0 aliphatic carbocycles. The van der Waals surface area contributed by atoms with Crippen molar-refractivity contribution in [1.29, 1.82) is 0 Å². The van der Waals surface area contributed by atoms with Crippen LogP contribution >= 0.6 is 0 Å². The number of aryl methyl sites for hydroxylation is 1. The topological polar surface area (TPSA) is 75.7 Å². The van der Waals surface area contributed by atoms with Crippen LogP contribution in [-0.4, -0.2) is 51.5 Å². The number of hydrogen-bond acceptors (Lipinski definition) is 5. The first-order valence-corrected chi connectivity index (χ1v) is 9.27. The lowest BCUT2D eigenvalue weighted by atomic mass is 10.1. The van der Waals surface area contributed by atoms with Crippen molar-refractivity contribution in [3.8, 4) is 0 Å². The van der Waals surface area contributed by atoms with Crippen molar-refractivity contribution in [3.05, 3.63) is 29.3 Å². The number of esters is 1. The molecule has 1 unspecified atom stereocenters. The molecule has 0 radical (unpaired) electrons. The highest BCUT2D eigenvalue weighted by Crippen LogP contribution is 2.24. The third-order valence-electron chi connectivity index (χ3n) is 4.11. The molecule has 23 heavy (non-hydrogen) atoms. The second-order valence-corrected chi connectivity index (χ2v) is 7.62. The number of methoxy groups -OCH3 is 1. The molecule has 1 saturated heterocycles. The fourth-order valence-corrected chi connectivity index (χ4v) is 4.60. The van der Waals surface area contributed by atoms with E-state index in [9.17, 15) is 13.2 Å². The molecule has 2 rings (SSSR count). The Bertz CT molecular complexity index is 667. The van der Waals surface area contributed by atoms with Gasteiger partial charge in [0.15, 0.2) is 0 Å². The summed E-state index contributed by atoms with van der Waals surface area (Å²) in [6.45, 7) is 5.67. The highest BCUT2D eigenvalue weighted by Gasteiger charge is 2.33. The molecule has 1 N–H and O–H groups in total. The molecule has 1 aliphatic rings. The lowest BCUT2D eigenvalue weighted by Crippen LogP contribution is -2.42. The van der Waals surface area contributed by atoms with E-state index in [4.69, 9.17) is 4.74 Å². The molecule has 0 bridgehead atoms. The Morgan fingerprint density at radius 1 is 1.43 bits per heavy atom. The van der Waals surface area contributed by atoms with E-state index in [1.165, 1.54) is 13.2 Å². The van der Waals surface area contributed by atoms with Crippen molar-refractivity contribution >= 4 is 16.0 Å². The Labute approximate surface area is 137 Å². The van der Waals surface area contributed by atoms with Gasteiger partial charge in [0.05, 0.1) is 17.6 Å². The quantitative estimate of drug-likeness (QED) is 0.795. The standard InChI is InChI=1S/C16H24N2O4S/c1-4-9-18(13-7-8-17-11-13)23(20,21)14-6-5-12(2)15(10-14)16(19)22-3/h5-6,10,13,17H,4,7-9,11H2,1-3H3. The van der Waals surface area contributed by atoms with Crippen LogP contribution in [0.3, 0.4) is 0 Å². The van der Waals surface area contributed by atoms with Gasteiger partial charge in [-0.3, -0.25) is 0 Å². The Balaban J connectivity index is 2.42. The van der Waals surface area contributed by atoms with Gasteiger partial charge in [-0.15, -0.1) is 0 Å². The third kappa shape index (κ3) is 3.73. The number of carbonyl (C=O) groups is 1. The molecule has 0 aromatic heterocycles. The third-order valence-corrected chi connectivity index (χ3v) is 6.05. The normalized spacial score (nSPS) is 18.3. The summed E-state index contributed by atoms with van der Waals surface area (Å²) in [7, 11) is -2.35. The van der Waals surface area contributed by atoms with E-state index in [-0.39, 0.29) is 16.5 Å². The minimum absolute atomic E-state index is 0.0390. The first-order valence-electron chi connectivity index (χ1n) is 7.83. The van der Waals surface area contributed by atoms with Crippen molar-refractivity contribution in [3.63, 3.8) is 0 Å². The number of hydrogen-bond donors (Lipinski definition) is 1. The van der Waals surface area contributed by atoms with Gasteiger partial charge in [0, 0.05) is 19.1 Å². The second kappa shape index (κ2) is 7.42. The van der Waals surface area contributed by atoms with Gasteiger partial charge in [-0.1, -0.05) is 13.0 Å². The molecule has 1 aliphatic heterocycles. The van der Waals surface area contributed by atoms with Crippen LogP contribution in [0.4, 0.5) is 0 Å². The lowest BCUT2D eigenvalue weighted by molar-refractivity contribution is 0.0599. The van der Waals surface area contributed by atoms with Crippen LogP contribution < -0.4 is 5.32 Å². The van der Waals surface area contributed by atoms with E-state index in [1.54, 1.807) is 23.4 Å². The monoisotopic (exact) mass is 340 g/mol. The van der Waals surface area contributed by atoms with Gasteiger partial charge >= 0.3 is 5.97 Å². The molecule has 7 heteroatoms. The number of sulfonamides is 1. The van der Waals surface area contributed by atoms with Gasteiger partial charge in [-0.2, -0.15) is 4.31 Å². The predicted molar refractivity (Wildman–Crippen MR) is 88.0 cm³/mol. The first-order chi connectivity index (χ1) is 10.9. The van der Waals surface area contributed by atoms with Crippen molar-refractivity contribution in [1.82, 2.24) is 9.62 Å². The van der Waals surface area contributed by atoms with E-state index >= 15 is 0 Å². The van der Waals surface area contributed by atoms with Gasteiger partial charge in [0.25, 0.3) is 0 Å². The molecule has 1 aromatic rings. The van der Waals surface area contributed by atoms with E-state index in [0.717, 1.165) is 19.4 Å². The maximum atomic E-state index is 13.0. The molecule has 128 valence electrons. The first kappa shape index (κ1) is 17.9. The van der Waals surface area contributed by atoms with Gasteiger partial charge in [0.1, 0.15) is 0 Å². The zero-order valence-electron chi connectivity index (χ0n) is 13.8. The summed E-state index contributed by atoms with van der Waals surface area (Å²) < 4.78 is 32.3. The lowest BCUT2D eigenvalue weighted by Gasteiger charge is -2.27. The van der Waals surface area contributed by atoms with Crippen LogP contribution in [0, 0.1) is 6.92 Å². The fourth-order valence-electron chi connectivity index (χ4n) is 2.83. The van der Waals surface area contributed by atoms with Crippen molar-refractivity contribution < 1.29 is 17.9 Å². The van der Waals surface area contributed by atoms with Crippen molar-refractivity contribution in [2.24, 2.45) is 0 Å². The number of carbonyl (C=O) groups excluding carboxylic acids is 1. The molecular formula is C16H24N2O4S. The number of nitrogens with one attached hydrogen (secondary N) is 1. The summed E-state index contributed by atoms with van der Waals surface area (Å²) in [6.07, 6.45) is 1.54. The molecule has 1 fully saturated rings. The number of ether oxygens (including phenoxy) is 1. The summed E-state index contributed by atoms with van der Waals surface area (Å²) in [5, 5.41) is 3.20. The molecule has 1 atom stereocenters. The zero-order chi connectivity index (χ0) is 17.0. The summed E-state index contributed by atoms with van der Waals surface area (Å²) in [6, 6.07) is 4.59. The smallest absolute Gasteiger partial charge is 0.338 e. The van der Waals surface area contributed by atoms with Crippen LogP contribution in [0.2, 0.25) is 0 Å². The minimum Gasteiger partial charge on any atom is -0.465 e. The molecule has 0 spiro atoms. The summed E-state index contributed by atoms with van der Waals surface area (Å²) >= 11 is 0. The van der Waals surface area contributed by atoms with Gasteiger partial charge in [-0.05, 0) is 44.0 Å². The predicted octanol–water partition coefficient (Wildman–Crippen LogP) is 1.54. The van der Waals surface area contributed by atoms with Crippen LogP contribution in [0.5, 0.6) is 0 Å². The van der Waals surface area contributed by atoms with Crippen LogP contribution in [-0.2, 0) is 14.8 Å². The number of rotatable bonds is 6. The van der Waals surface area contributed by atoms with Gasteiger partial charge in [0.2, 0.25) is 10.0 Å². The Kier molecular flexibility index (Phi) is 5.78. The maximum Gasteiger partial charge on any atom is 0.338 e. The Hall–Kier alpha value is -1.44. The summed E-state index contributed by atoms with van der Waals surface area (Å²) in [5.74, 6) is -0.524. The van der Waals surface area contributed by atoms with Crippen LogP contribution in [0.25, 0.3) is 0 Å². The molecule has 0 amide bonds. The molecule has 6 nitrogen and oxygen atoms in total.